The highest BCUT2D eigenvalue weighted by molar-refractivity contribution is 7.89. The summed E-state index contributed by atoms with van der Waals surface area (Å²) in [5.74, 6) is 0.733. The Morgan fingerprint density at radius 3 is 2.71 bits per heavy atom. The van der Waals surface area contributed by atoms with Crippen molar-refractivity contribution in [1.82, 2.24) is 14.5 Å². The van der Waals surface area contributed by atoms with Crippen molar-refractivity contribution in [1.29, 1.82) is 0 Å². The quantitative estimate of drug-likeness (QED) is 0.647. The minimum atomic E-state index is -3.06. The van der Waals surface area contributed by atoms with Crippen LogP contribution in [0.1, 0.15) is 12.8 Å². The fourth-order valence-corrected chi connectivity index (χ4v) is 3.50. The molecule has 0 spiro atoms. The number of rotatable bonds is 7. The van der Waals surface area contributed by atoms with Crippen molar-refractivity contribution < 1.29 is 8.42 Å². The van der Waals surface area contributed by atoms with Crippen molar-refractivity contribution >= 4 is 10.0 Å². The Bertz CT molecular complexity index is 319. The third-order valence-electron chi connectivity index (χ3n) is 3.31. The summed E-state index contributed by atoms with van der Waals surface area (Å²) in [6.07, 6.45) is 1.78. The molecule has 5 nitrogen and oxygen atoms in total. The average molecular weight is 263 g/mol. The molecular formula is C11H25N3O2S. The molecule has 1 unspecified atom stereocenters. The van der Waals surface area contributed by atoms with E-state index in [1.54, 1.807) is 7.05 Å². The van der Waals surface area contributed by atoms with Crippen LogP contribution in [0.5, 0.6) is 0 Å². The molecule has 6 heteroatoms. The summed E-state index contributed by atoms with van der Waals surface area (Å²) in [4.78, 5) is 2.26. The highest BCUT2D eigenvalue weighted by Crippen LogP contribution is 2.16. The van der Waals surface area contributed by atoms with Crippen LogP contribution in [0.2, 0.25) is 0 Å². The Morgan fingerprint density at radius 1 is 1.47 bits per heavy atom. The van der Waals surface area contributed by atoms with Crippen LogP contribution in [-0.2, 0) is 10.0 Å². The zero-order valence-corrected chi connectivity index (χ0v) is 12.0. The van der Waals surface area contributed by atoms with Crippen molar-refractivity contribution in [2.45, 2.75) is 12.8 Å². The van der Waals surface area contributed by atoms with Crippen LogP contribution in [0.15, 0.2) is 0 Å². The molecule has 1 fully saturated rings. The van der Waals surface area contributed by atoms with Crippen LogP contribution >= 0.6 is 0 Å². The zero-order valence-electron chi connectivity index (χ0n) is 11.1. The summed E-state index contributed by atoms with van der Waals surface area (Å²) in [7, 11) is 2.56. The second-order valence-electron chi connectivity index (χ2n) is 4.97. The lowest BCUT2D eigenvalue weighted by Crippen LogP contribution is -2.35. The molecule has 1 aliphatic rings. The Hall–Kier alpha value is -0.170. The lowest BCUT2D eigenvalue weighted by Gasteiger charge is -2.20. The summed E-state index contributed by atoms with van der Waals surface area (Å²) < 4.78 is 25.5. The van der Waals surface area contributed by atoms with Crippen LogP contribution in [0, 0.1) is 5.92 Å². The first-order chi connectivity index (χ1) is 7.95. The second kappa shape index (κ2) is 6.68. The van der Waals surface area contributed by atoms with Crippen molar-refractivity contribution in [2.75, 3.05) is 53.1 Å². The topological polar surface area (TPSA) is 52.7 Å². The van der Waals surface area contributed by atoms with Gasteiger partial charge in [-0.3, -0.25) is 0 Å². The molecule has 1 aliphatic heterocycles. The molecule has 1 atom stereocenters. The molecule has 0 aromatic heterocycles. The Labute approximate surface area is 105 Å². The second-order valence-corrected chi connectivity index (χ2v) is 7.17. The summed E-state index contributed by atoms with van der Waals surface area (Å²) in [5, 5.41) is 2.97. The van der Waals surface area contributed by atoms with E-state index in [0.29, 0.717) is 18.9 Å². The standard InChI is InChI=1S/C11H25N3O2S/c1-12-6-4-8-17(15,16)14(3)10-11-5-7-13(2)9-11/h11-12H,4-10H2,1-3H3. The largest absolute Gasteiger partial charge is 0.320 e. The Balaban J connectivity index is 2.37. The van der Waals surface area contributed by atoms with Crippen LogP contribution in [0.3, 0.4) is 0 Å². The third-order valence-corrected chi connectivity index (χ3v) is 5.21. The van der Waals surface area contributed by atoms with E-state index in [-0.39, 0.29) is 5.75 Å². The molecule has 1 rings (SSSR count). The molecule has 1 saturated heterocycles. The molecule has 0 aromatic carbocycles. The first kappa shape index (κ1) is 14.9. The fraction of sp³-hybridized carbons (Fsp3) is 1.00. The lowest BCUT2D eigenvalue weighted by atomic mass is 10.1. The molecule has 0 aliphatic carbocycles. The van der Waals surface area contributed by atoms with Gasteiger partial charge in [-0.2, -0.15) is 0 Å². The minimum Gasteiger partial charge on any atom is -0.320 e. The highest BCUT2D eigenvalue weighted by Gasteiger charge is 2.25. The average Bonchev–Trinajstić information content (AvgIpc) is 2.64. The predicted molar refractivity (Wildman–Crippen MR) is 70.6 cm³/mol. The van der Waals surface area contributed by atoms with Gasteiger partial charge in [0.05, 0.1) is 5.75 Å². The molecule has 1 heterocycles. The van der Waals surface area contributed by atoms with Gasteiger partial charge in [0.25, 0.3) is 0 Å². The number of likely N-dealkylation sites (tertiary alicyclic amines) is 1. The first-order valence-corrected chi connectivity index (χ1v) is 7.84. The number of nitrogens with zero attached hydrogens (tertiary/aromatic N) is 2. The van der Waals surface area contributed by atoms with Gasteiger partial charge in [-0.25, -0.2) is 12.7 Å². The van der Waals surface area contributed by atoms with Gasteiger partial charge >= 0.3 is 0 Å². The maximum absolute atomic E-state index is 12.0. The molecule has 0 amide bonds. The van der Waals surface area contributed by atoms with E-state index in [0.717, 1.165) is 26.1 Å². The van der Waals surface area contributed by atoms with Gasteiger partial charge in [0, 0.05) is 20.1 Å². The van der Waals surface area contributed by atoms with E-state index in [1.807, 2.05) is 7.05 Å². The maximum atomic E-state index is 12.0. The minimum absolute atomic E-state index is 0.243. The van der Waals surface area contributed by atoms with Gasteiger partial charge in [-0.15, -0.1) is 0 Å². The van der Waals surface area contributed by atoms with Gasteiger partial charge in [0.15, 0.2) is 0 Å². The van der Waals surface area contributed by atoms with Crippen molar-refractivity contribution in [3.05, 3.63) is 0 Å². The summed E-state index contributed by atoms with van der Waals surface area (Å²) >= 11 is 0. The lowest BCUT2D eigenvalue weighted by molar-refractivity contribution is 0.356. The van der Waals surface area contributed by atoms with E-state index in [2.05, 4.69) is 17.3 Å². The third kappa shape index (κ3) is 4.91. The predicted octanol–water partition coefficient (Wildman–Crippen LogP) is -0.191. The van der Waals surface area contributed by atoms with E-state index >= 15 is 0 Å². The van der Waals surface area contributed by atoms with Crippen LogP contribution in [0.25, 0.3) is 0 Å². The Morgan fingerprint density at radius 2 is 2.18 bits per heavy atom. The summed E-state index contributed by atoms with van der Waals surface area (Å²) in [6, 6.07) is 0. The molecule has 17 heavy (non-hydrogen) atoms. The van der Waals surface area contributed by atoms with E-state index < -0.39 is 10.0 Å². The fourth-order valence-electron chi connectivity index (χ4n) is 2.24. The maximum Gasteiger partial charge on any atom is 0.213 e. The number of nitrogens with one attached hydrogen (secondary N) is 1. The molecule has 0 saturated carbocycles. The van der Waals surface area contributed by atoms with Crippen molar-refractivity contribution in [2.24, 2.45) is 5.92 Å². The van der Waals surface area contributed by atoms with E-state index in [4.69, 9.17) is 0 Å². The van der Waals surface area contributed by atoms with Crippen molar-refractivity contribution in [3.8, 4) is 0 Å². The molecule has 0 bridgehead atoms. The smallest absolute Gasteiger partial charge is 0.213 e. The molecule has 0 radical (unpaired) electrons. The van der Waals surface area contributed by atoms with Gasteiger partial charge in [-0.05, 0) is 45.9 Å². The zero-order chi connectivity index (χ0) is 12.9. The number of hydrogen-bond acceptors (Lipinski definition) is 4. The van der Waals surface area contributed by atoms with Gasteiger partial charge in [0.2, 0.25) is 10.0 Å². The van der Waals surface area contributed by atoms with Gasteiger partial charge < -0.3 is 10.2 Å². The van der Waals surface area contributed by atoms with E-state index in [9.17, 15) is 8.42 Å². The highest BCUT2D eigenvalue weighted by atomic mass is 32.2. The monoisotopic (exact) mass is 263 g/mol. The van der Waals surface area contributed by atoms with E-state index in [1.165, 1.54) is 4.31 Å². The Kier molecular flexibility index (Phi) is 5.85. The van der Waals surface area contributed by atoms with Crippen LogP contribution < -0.4 is 5.32 Å². The molecule has 1 N–H and O–H groups in total. The van der Waals surface area contributed by atoms with Gasteiger partial charge in [-0.1, -0.05) is 0 Å². The summed E-state index contributed by atoms with van der Waals surface area (Å²) in [6.45, 7) is 3.50. The summed E-state index contributed by atoms with van der Waals surface area (Å²) in [5.41, 5.74) is 0. The van der Waals surface area contributed by atoms with Crippen LogP contribution in [-0.4, -0.2) is 70.7 Å². The van der Waals surface area contributed by atoms with Crippen molar-refractivity contribution in [3.63, 3.8) is 0 Å². The number of sulfonamides is 1. The number of hydrogen-bond donors (Lipinski definition) is 1. The normalized spacial score (nSPS) is 22.5. The first-order valence-electron chi connectivity index (χ1n) is 6.23. The molecule has 0 aromatic rings. The molecule has 102 valence electrons. The van der Waals surface area contributed by atoms with Gasteiger partial charge in [0.1, 0.15) is 0 Å². The van der Waals surface area contributed by atoms with Crippen LogP contribution in [0.4, 0.5) is 0 Å². The molecular weight excluding hydrogens is 238 g/mol. The SMILES string of the molecule is CNCCCS(=O)(=O)N(C)CC1CCN(C)C1.